The molecule has 0 aromatic carbocycles. The molecule has 1 nitrogen and oxygen atoms in total. The molecule has 13 unspecified atom stereocenters. The molecule has 8 aliphatic rings. The molecule has 2 heterocycles. The van der Waals surface area contributed by atoms with Crippen LogP contribution in [0, 0.1) is 52.8 Å². The lowest BCUT2D eigenvalue weighted by molar-refractivity contribution is -0.0219. The SMILES string of the molecule is CC1(C)C2CCCCC2C2CCC3C4CCCCC4N(C4CCCC5C6CCCCC6SC54)C3C21. The Kier molecular flexibility index (Phi) is 5.74. The number of likely N-dealkylation sites (tertiary alicyclic amines) is 1. The molecule has 0 N–H and O–H groups in total. The third-order valence-corrected chi connectivity index (χ3v) is 16.1. The van der Waals surface area contributed by atoms with Gasteiger partial charge in [-0.25, -0.2) is 0 Å². The minimum atomic E-state index is 0.579. The zero-order valence-electron chi connectivity index (χ0n) is 22.9. The van der Waals surface area contributed by atoms with E-state index in [0.29, 0.717) is 5.41 Å². The van der Waals surface area contributed by atoms with Crippen molar-refractivity contribution in [2.45, 2.75) is 152 Å². The van der Waals surface area contributed by atoms with Gasteiger partial charge in [-0.15, -0.1) is 0 Å². The van der Waals surface area contributed by atoms with Gasteiger partial charge in [-0.2, -0.15) is 11.8 Å². The van der Waals surface area contributed by atoms with Crippen molar-refractivity contribution in [3.63, 3.8) is 0 Å². The summed E-state index contributed by atoms with van der Waals surface area (Å²) in [6, 6.07) is 2.85. The van der Waals surface area contributed by atoms with Crippen molar-refractivity contribution in [1.82, 2.24) is 4.90 Å². The summed E-state index contributed by atoms with van der Waals surface area (Å²) in [5, 5.41) is 2.02. The Balaban J connectivity index is 1.18. The van der Waals surface area contributed by atoms with Crippen LogP contribution in [0.3, 0.4) is 0 Å². The van der Waals surface area contributed by atoms with Crippen molar-refractivity contribution in [3.8, 4) is 0 Å². The Labute approximate surface area is 220 Å². The van der Waals surface area contributed by atoms with Crippen LogP contribution in [-0.2, 0) is 0 Å². The van der Waals surface area contributed by atoms with Crippen molar-refractivity contribution in [2.75, 3.05) is 0 Å². The zero-order chi connectivity index (χ0) is 23.3. The zero-order valence-corrected chi connectivity index (χ0v) is 23.7. The summed E-state index contributed by atoms with van der Waals surface area (Å²) in [7, 11) is 0. The molecule has 0 bridgehead atoms. The fourth-order valence-corrected chi connectivity index (χ4v) is 15.5. The van der Waals surface area contributed by atoms with Crippen LogP contribution in [0.15, 0.2) is 0 Å². The Morgan fingerprint density at radius 3 is 2.09 bits per heavy atom. The summed E-state index contributed by atoms with van der Waals surface area (Å²) >= 11 is 2.56. The first-order valence-corrected chi connectivity index (χ1v) is 17.5. The smallest absolute Gasteiger partial charge is 0.0237 e. The Hall–Kier alpha value is 0.310. The highest BCUT2D eigenvalue weighted by Crippen LogP contribution is 2.68. The molecule has 2 aliphatic heterocycles. The molecule has 6 aliphatic carbocycles. The lowest BCUT2D eigenvalue weighted by atomic mass is 9.61. The van der Waals surface area contributed by atoms with Gasteiger partial charge in [0.2, 0.25) is 0 Å². The average Bonchev–Trinajstić information content (AvgIpc) is 3.51. The second-order valence-corrected chi connectivity index (χ2v) is 16.9. The fourth-order valence-electron chi connectivity index (χ4n) is 13.3. The first kappa shape index (κ1) is 23.2. The minimum Gasteiger partial charge on any atom is -0.292 e. The standard InChI is InChI=1S/C33H53NS/c1-33(2)26-14-6-3-10-20(26)23-18-19-24-21-11-4-7-15-27(21)34(31(24)30(23)33)28-16-9-13-25-22-12-5-8-17-29(22)35-32(25)28/h20-32H,3-19H2,1-2H3. The maximum atomic E-state index is 3.44. The first-order chi connectivity index (χ1) is 17.1. The van der Waals surface area contributed by atoms with E-state index in [1.807, 2.05) is 0 Å². The average molecular weight is 496 g/mol. The normalized spacial score (nSPS) is 56.9. The van der Waals surface area contributed by atoms with Crippen LogP contribution in [0.5, 0.6) is 0 Å². The number of hydrogen-bond acceptors (Lipinski definition) is 2. The van der Waals surface area contributed by atoms with E-state index in [9.17, 15) is 0 Å². The summed E-state index contributed by atoms with van der Waals surface area (Å²) in [6.45, 7) is 5.57. The second-order valence-electron chi connectivity index (χ2n) is 15.5. The van der Waals surface area contributed by atoms with Gasteiger partial charge < -0.3 is 0 Å². The third kappa shape index (κ3) is 3.29. The van der Waals surface area contributed by atoms with Gasteiger partial charge in [-0.1, -0.05) is 58.8 Å². The predicted octanol–water partition coefficient (Wildman–Crippen LogP) is 8.56. The molecule has 196 valence electrons. The molecule has 0 radical (unpaired) electrons. The van der Waals surface area contributed by atoms with E-state index in [4.69, 9.17) is 0 Å². The van der Waals surface area contributed by atoms with Gasteiger partial charge in [0.15, 0.2) is 0 Å². The molecule has 8 rings (SSSR count). The van der Waals surface area contributed by atoms with E-state index in [2.05, 4.69) is 30.5 Å². The summed E-state index contributed by atoms with van der Waals surface area (Å²) < 4.78 is 0. The molecule has 2 heteroatoms. The van der Waals surface area contributed by atoms with Crippen LogP contribution in [0.1, 0.15) is 123 Å². The molecule has 13 atom stereocenters. The van der Waals surface area contributed by atoms with E-state index in [1.54, 1.807) is 70.6 Å². The van der Waals surface area contributed by atoms with Crippen LogP contribution in [0.25, 0.3) is 0 Å². The third-order valence-electron chi connectivity index (χ3n) is 14.2. The van der Waals surface area contributed by atoms with E-state index in [1.165, 1.54) is 38.5 Å². The van der Waals surface area contributed by atoms with Crippen molar-refractivity contribution >= 4 is 11.8 Å². The van der Waals surface area contributed by atoms with E-state index in [0.717, 1.165) is 76.0 Å². The number of rotatable bonds is 1. The van der Waals surface area contributed by atoms with Crippen molar-refractivity contribution in [2.24, 2.45) is 52.8 Å². The number of thioether (sulfide) groups is 1. The molecule has 0 spiro atoms. The van der Waals surface area contributed by atoms with E-state index >= 15 is 0 Å². The Morgan fingerprint density at radius 2 is 1.20 bits per heavy atom. The maximum absolute atomic E-state index is 3.44. The Morgan fingerprint density at radius 1 is 0.543 bits per heavy atom. The number of nitrogens with zero attached hydrogens (tertiary/aromatic N) is 1. The number of hydrogen-bond donors (Lipinski definition) is 0. The topological polar surface area (TPSA) is 3.24 Å². The van der Waals surface area contributed by atoms with Crippen molar-refractivity contribution < 1.29 is 0 Å². The van der Waals surface area contributed by atoms with Crippen LogP contribution < -0.4 is 0 Å². The number of fused-ring (bicyclic) bond motifs is 10. The van der Waals surface area contributed by atoms with Gasteiger partial charge in [0.25, 0.3) is 0 Å². The van der Waals surface area contributed by atoms with Gasteiger partial charge >= 0.3 is 0 Å². The lowest BCUT2D eigenvalue weighted by Crippen LogP contribution is -2.58. The molecule has 0 amide bonds. The van der Waals surface area contributed by atoms with Crippen LogP contribution in [0.2, 0.25) is 0 Å². The largest absolute Gasteiger partial charge is 0.292 e. The molecule has 2 saturated heterocycles. The van der Waals surface area contributed by atoms with Crippen LogP contribution in [0.4, 0.5) is 0 Å². The summed E-state index contributed by atoms with van der Waals surface area (Å²) in [5.41, 5.74) is 0.579. The molecule has 8 fully saturated rings. The second kappa shape index (κ2) is 8.66. The van der Waals surface area contributed by atoms with Crippen LogP contribution >= 0.6 is 11.8 Å². The summed E-state index contributed by atoms with van der Waals surface area (Å²) in [5.74, 6) is 8.47. The highest BCUT2D eigenvalue weighted by molar-refractivity contribution is 8.00. The monoisotopic (exact) mass is 495 g/mol. The highest BCUT2D eigenvalue weighted by atomic mass is 32.2. The molecule has 35 heavy (non-hydrogen) atoms. The fraction of sp³-hybridized carbons (Fsp3) is 1.00. The van der Waals surface area contributed by atoms with E-state index in [-0.39, 0.29) is 0 Å². The maximum Gasteiger partial charge on any atom is 0.0237 e. The van der Waals surface area contributed by atoms with E-state index < -0.39 is 0 Å². The van der Waals surface area contributed by atoms with Gasteiger partial charge in [-0.3, -0.25) is 4.90 Å². The minimum absolute atomic E-state index is 0.579. The summed E-state index contributed by atoms with van der Waals surface area (Å²) in [4.78, 5) is 3.44. The highest BCUT2D eigenvalue weighted by Gasteiger charge is 2.66. The van der Waals surface area contributed by atoms with Crippen molar-refractivity contribution in [3.05, 3.63) is 0 Å². The lowest BCUT2D eigenvalue weighted by Gasteiger charge is -2.52. The molecule has 0 aromatic heterocycles. The Bertz CT molecular complexity index is 807. The molecule has 6 saturated carbocycles. The first-order valence-electron chi connectivity index (χ1n) is 16.6. The predicted molar refractivity (Wildman–Crippen MR) is 149 cm³/mol. The quantitative estimate of drug-likeness (QED) is 0.358. The van der Waals surface area contributed by atoms with Gasteiger partial charge in [0.1, 0.15) is 0 Å². The van der Waals surface area contributed by atoms with Gasteiger partial charge in [0.05, 0.1) is 0 Å². The molecular formula is C33H53NS. The van der Waals surface area contributed by atoms with Crippen LogP contribution in [-0.4, -0.2) is 33.5 Å². The van der Waals surface area contributed by atoms with Gasteiger partial charge in [-0.05, 0) is 117 Å². The van der Waals surface area contributed by atoms with Crippen molar-refractivity contribution in [1.29, 1.82) is 0 Å². The summed E-state index contributed by atoms with van der Waals surface area (Å²) in [6.07, 6.45) is 26.4. The molecular weight excluding hydrogens is 442 g/mol. The molecule has 0 aromatic rings. The van der Waals surface area contributed by atoms with Gasteiger partial charge in [0, 0.05) is 28.6 Å².